The SMILES string of the molecule is CC(=O)Nc1ccccc1C(=O)Nc1ccc(C(=O)O)cc1. The highest BCUT2D eigenvalue weighted by Crippen LogP contribution is 2.17. The summed E-state index contributed by atoms with van der Waals surface area (Å²) in [6, 6.07) is 12.4. The number of nitrogens with one attached hydrogen (secondary N) is 2. The Balaban J connectivity index is 2.18. The smallest absolute Gasteiger partial charge is 0.335 e. The Morgan fingerprint density at radius 1 is 0.909 bits per heavy atom. The summed E-state index contributed by atoms with van der Waals surface area (Å²) < 4.78 is 0. The predicted molar refractivity (Wildman–Crippen MR) is 82.1 cm³/mol. The molecule has 3 N–H and O–H groups in total. The molecule has 2 aromatic carbocycles. The summed E-state index contributed by atoms with van der Waals surface area (Å²) in [5, 5.41) is 14.1. The molecule has 6 heteroatoms. The van der Waals surface area contributed by atoms with Crippen molar-refractivity contribution in [3.05, 3.63) is 59.7 Å². The number of carboxylic acids is 1. The molecule has 0 saturated heterocycles. The second-order valence-corrected chi connectivity index (χ2v) is 4.56. The maximum atomic E-state index is 12.3. The molecule has 0 aliphatic heterocycles. The number of rotatable bonds is 4. The number of anilines is 2. The molecule has 2 aromatic rings. The average molecular weight is 298 g/mol. The number of amides is 2. The van der Waals surface area contributed by atoms with Crippen molar-refractivity contribution in [2.24, 2.45) is 0 Å². The highest BCUT2D eigenvalue weighted by molar-refractivity contribution is 6.10. The van der Waals surface area contributed by atoms with Gasteiger partial charge >= 0.3 is 5.97 Å². The van der Waals surface area contributed by atoms with Crippen LogP contribution in [-0.2, 0) is 4.79 Å². The number of aromatic carboxylic acids is 1. The molecule has 0 radical (unpaired) electrons. The van der Waals surface area contributed by atoms with E-state index in [0.29, 0.717) is 16.9 Å². The molecule has 0 spiro atoms. The molecule has 0 atom stereocenters. The van der Waals surface area contributed by atoms with E-state index >= 15 is 0 Å². The fourth-order valence-corrected chi connectivity index (χ4v) is 1.87. The van der Waals surface area contributed by atoms with Crippen LogP contribution in [0, 0.1) is 0 Å². The van der Waals surface area contributed by atoms with Crippen molar-refractivity contribution in [1.82, 2.24) is 0 Å². The number of para-hydroxylation sites is 1. The minimum atomic E-state index is -1.03. The zero-order valence-corrected chi connectivity index (χ0v) is 11.8. The van der Waals surface area contributed by atoms with Gasteiger partial charge in [0, 0.05) is 12.6 Å². The molecule has 0 aromatic heterocycles. The minimum Gasteiger partial charge on any atom is -0.478 e. The molecule has 2 amide bonds. The summed E-state index contributed by atoms with van der Waals surface area (Å²) in [4.78, 5) is 34.2. The van der Waals surface area contributed by atoms with E-state index in [-0.39, 0.29) is 11.5 Å². The Morgan fingerprint density at radius 3 is 2.14 bits per heavy atom. The fourth-order valence-electron chi connectivity index (χ4n) is 1.87. The van der Waals surface area contributed by atoms with Crippen molar-refractivity contribution >= 4 is 29.2 Å². The second kappa shape index (κ2) is 6.53. The first kappa shape index (κ1) is 15.2. The van der Waals surface area contributed by atoms with Gasteiger partial charge in [-0.2, -0.15) is 0 Å². The molecule has 6 nitrogen and oxygen atoms in total. The third-order valence-electron chi connectivity index (χ3n) is 2.87. The molecule has 2 rings (SSSR count). The van der Waals surface area contributed by atoms with Crippen LogP contribution in [0.3, 0.4) is 0 Å². The van der Waals surface area contributed by atoms with Gasteiger partial charge in [0.2, 0.25) is 5.91 Å². The van der Waals surface area contributed by atoms with Gasteiger partial charge in [0.15, 0.2) is 0 Å². The van der Waals surface area contributed by atoms with Crippen LogP contribution in [0.1, 0.15) is 27.6 Å². The Labute approximate surface area is 126 Å². The summed E-state index contributed by atoms with van der Waals surface area (Å²) in [6.07, 6.45) is 0. The summed E-state index contributed by atoms with van der Waals surface area (Å²) in [6.45, 7) is 1.36. The molecular weight excluding hydrogens is 284 g/mol. The van der Waals surface area contributed by atoms with Gasteiger partial charge in [-0.25, -0.2) is 4.79 Å². The summed E-state index contributed by atoms with van der Waals surface area (Å²) in [5.41, 5.74) is 1.33. The molecule has 112 valence electrons. The van der Waals surface area contributed by atoms with Gasteiger partial charge in [0.1, 0.15) is 0 Å². The van der Waals surface area contributed by atoms with Gasteiger partial charge in [-0.05, 0) is 36.4 Å². The lowest BCUT2D eigenvalue weighted by molar-refractivity contribution is -0.114. The number of carbonyl (C=O) groups excluding carboxylic acids is 2. The van der Waals surface area contributed by atoms with Gasteiger partial charge in [0.05, 0.1) is 16.8 Å². The first-order chi connectivity index (χ1) is 10.5. The van der Waals surface area contributed by atoms with E-state index in [1.807, 2.05) is 0 Å². The lowest BCUT2D eigenvalue weighted by atomic mass is 10.1. The molecule has 0 unspecified atom stereocenters. The molecule has 0 saturated carbocycles. The highest BCUT2D eigenvalue weighted by Gasteiger charge is 2.12. The Morgan fingerprint density at radius 2 is 1.55 bits per heavy atom. The maximum Gasteiger partial charge on any atom is 0.335 e. The van der Waals surface area contributed by atoms with Crippen LogP contribution < -0.4 is 10.6 Å². The third kappa shape index (κ3) is 3.69. The van der Waals surface area contributed by atoms with Crippen LogP contribution >= 0.6 is 0 Å². The van der Waals surface area contributed by atoms with E-state index < -0.39 is 11.9 Å². The highest BCUT2D eigenvalue weighted by atomic mass is 16.4. The Bertz CT molecular complexity index is 723. The van der Waals surface area contributed by atoms with Gasteiger partial charge < -0.3 is 15.7 Å². The third-order valence-corrected chi connectivity index (χ3v) is 2.87. The van der Waals surface area contributed by atoms with E-state index in [2.05, 4.69) is 10.6 Å². The van der Waals surface area contributed by atoms with Gasteiger partial charge in [-0.1, -0.05) is 12.1 Å². The van der Waals surface area contributed by atoms with E-state index in [4.69, 9.17) is 5.11 Å². The Kier molecular flexibility index (Phi) is 4.53. The molecule has 0 heterocycles. The van der Waals surface area contributed by atoms with Crippen LogP contribution in [0.5, 0.6) is 0 Å². The fraction of sp³-hybridized carbons (Fsp3) is 0.0625. The van der Waals surface area contributed by atoms with E-state index in [9.17, 15) is 14.4 Å². The topological polar surface area (TPSA) is 95.5 Å². The van der Waals surface area contributed by atoms with Gasteiger partial charge in [0.25, 0.3) is 5.91 Å². The Hall–Kier alpha value is -3.15. The number of hydrogen-bond donors (Lipinski definition) is 3. The first-order valence-electron chi connectivity index (χ1n) is 6.48. The average Bonchev–Trinajstić information content (AvgIpc) is 2.47. The minimum absolute atomic E-state index is 0.136. The number of benzene rings is 2. The van der Waals surface area contributed by atoms with Crippen molar-refractivity contribution in [1.29, 1.82) is 0 Å². The molecule has 0 aliphatic rings. The number of hydrogen-bond acceptors (Lipinski definition) is 3. The van der Waals surface area contributed by atoms with Crippen molar-refractivity contribution in [2.45, 2.75) is 6.92 Å². The quantitative estimate of drug-likeness (QED) is 0.808. The molecular formula is C16H14N2O4. The molecule has 22 heavy (non-hydrogen) atoms. The second-order valence-electron chi connectivity index (χ2n) is 4.56. The largest absolute Gasteiger partial charge is 0.478 e. The van der Waals surface area contributed by atoms with Crippen molar-refractivity contribution in [3.63, 3.8) is 0 Å². The predicted octanol–water partition coefficient (Wildman–Crippen LogP) is 2.60. The van der Waals surface area contributed by atoms with Gasteiger partial charge in [-0.3, -0.25) is 9.59 Å². The summed E-state index contributed by atoms with van der Waals surface area (Å²) in [7, 11) is 0. The van der Waals surface area contributed by atoms with Crippen LogP contribution in [0.15, 0.2) is 48.5 Å². The standard InChI is InChI=1S/C16H14N2O4/c1-10(19)17-14-5-3-2-4-13(14)15(20)18-12-8-6-11(7-9-12)16(21)22/h2-9H,1H3,(H,17,19)(H,18,20)(H,21,22). The van der Waals surface area contributed by atoms with Crippen LogP contribution in [-0.4, -0.2) is 22.9 Å². The summed E-state index contributed by atoms with van der Waals surface area (Å²) in [5.74, 6) is -1.70. The molecule has 0 bridgehead atoms. The molecule has 0 aliphatic carbocycles. The van der Waals surface area contributed by atoms with Crippen molar-refractivity contribution in [2.75, 3.05) is 10.6 Å². The van der Waals surface area contributed by atoms with E-state index in [1.165, 1.54) is 31.2 Å². The number of carboxylic acid groups (broad SMARTS) is 1. The summed E-state index contributed by atoms with van der Waals surface area (Å²) >= 11 is 0. The maximum absolute atomic E-state index is 12.3. The number of carbonyl (C=O) groups is 3. The zero-order chi connectivity index (χ0) is 16.1. The zero-order valence-electron chi connectivity index (χ0n) is 11.8. The molecule has 0 fully saturated rings. The van der Waals surface area contributed by atoms with E-state index in [0.717, 1.165) is 0 Å². The lowest BCUT2D eigenvalue weighted by Gasteiger charge is -2.10. The van der Waals surface area contributed by atoms with Crippen molar-refractivity contribution < 1.29 is 19.5 Å². The monoisotopic (exact) mass is 298 g/mol. The van der Waals surface area contributed by atoms with Crippen LogP contribution in [0.4, 0.5) is 11.4 Å². The van der Waals surface area contributed by atoms with Crippen LogP contribution in [0.25, 0.3) is 0 Å². The van der Waals surface area contributed by atoms with E-state index in [1.54, 1.807) is 24.3 Å². The van der Waals surface area contributed by atoms with Gasteiger partial charge in [-0.15, -0.1) is 0 Å². The van der Waals surface area contributed by atoms with Crippen LogP contribution in [0.2, 0.25) is 0 Å². The lowest BCUT2D eigenvalue weighted by Crippen LogP contribution is -2.16. The first-order valence-corrected chi connectivity index (χ1v) is 6.48. The normalized spacial score (nSPS) is 9.86. The van der Waals surface area contributed by atoms with Crippen molar-refractivity contribution in [3.8, 4) is 0 Å².